The minimum atomic E-state index is -4.35. The second-order valence-electron chi connectivity index (χ2n) is 5.64. The third kappa shape index (κ3) is 8.17. The van der Waals surface area contributed by atoms with Crippen LogP contribution in [0.3, 0.4) is 0 Å². The molecule has 0 aliphatic rings. The van der Waals surface area contributed by atoms with Crippen molar-refractivity contribution in [2.24, 2.45) is 4.99 Å². The smallest absolute Gasteiger partial charge is 0.422 e. The van der Waals surface area contributed by atoms with Gasteiger partial charge in [-0.25, -0.2) is 4.98 Å². The summed E-state index contributed by atoms with van der Waals surface area (Å²) in [6.45, 7) is -0.167. The summed E-state index contributed by atoms with van der Waals surface area (Å²) in [4.78, 5) is 8.16. The molecule has 0 saturated carbocycles. The van der Waals surface area contributed by atoms with Crippen molar-refractivity contribution in [3.63, 3.8) is 0 Å². The predicted octanol–water partition coefficient (Wildman–Crippen LogP) is 3.58. The Balaban J connectivity index is 1.74. The molecule has 0 aliphatic heterocycles. The van der Waals surface area contributed by atoms with Crippen LogP contribution >= 0.6 is 11.6 Å². The maximum absolute atomic E-state index is 12.1. The Bertz CT molecular complexity index is 734. The molecule has 5 nitrogen and oxygen atoms in total. The van der Waals surface area contributed by atoms with E-state index >= 15 is 0 Å². The molecule has 0 fully saturated rings. The van der Waals surface area contributed by atoms with Crippen LogP contribution in [0.2, 0.25) is 5.15 Å². The number of nitrogens with zero attached hydrogens (tertiary/aromatic N) is 2. The van der Waals surface area contributed by atoms with Crippen molar-refractivity contribution in [2.45, 2.75) is 19.1 Å². The van der Waals surface area contributed by atoms with Crippen LogP contribution in [0, 0.1) is 0 Å². The summed E-state index contributed by atoms with van der Waals surface area (Å²) in [7, 11) is 1.66. The lowest BCUT2D eigenvalue weighted by atomic mass is 10.2. The zero-order valence-electron chi connectivity index (χ0n) is 14.7. The number of nitrogens with one attached hydrogen (secondary N) is 2. The molecule has 2 N–H and O–H groups in total. The van der Waals surface area contributed by atoms with E-state index in [1.54, 1.807) is 31.4 Å². The van der Waals surface area contributed by atoms with Gasteiger partial charge in [-0.05, 0) is 35.7 Å². The lowest BCUT2D eigenvalue weighted by molar-refractivity contribution is -0.153. The minimum Gasteiger partial charge on any atom is -0.484 e. The van der Waals surface area contributed by atoms with Gasteiger partial charge in [0.05, 0.1) is 0 Å². The number of pyridine rings is 1. The predicted molar refractivity (Wildman–Crippen MR) is 99.1 cm³/mol. The molecule has 1 aromatic carbocycles. The summed E-state index contributed by atoms with van der Waals surface area (Å²) in [6.07, 6.45) is -1.86. The van der Waals surface area contributed by atoms with Crippen LogP contribution in [0.4, 0.5) is 13.2 Å². The van der Waals surface area contributed by atoms with Gasteiger partial charge >= 0.3 is 6.18 Å². The van der Waals surface area contributed by atoms with Gasteiger partial charge in [0, 0.05) is 26.3 Å². The van der Waals surface area contributed by atoms with Gasteiger partial charge in [-0.3, -0.25) is 4.99 Å². The average Bonchev–Trinajstić information content (AvgIpc) is 2.64. The molecule has 0 unspecified atom stereocenters. The summed E-state index contributed by atoms with van der Waals surface area (Å²) >= 11 is 5.75. The molecular formula is C18H20ClF3N4O. The molecule has 2 aromatic rings. The quantitative estimate of drug-likeness (QED) is 0.423. The molecule has 2 rings (SSSR count). The molecule has 1 aromatic heterocycles. The molecule has 0 saturated heterocycles. The van der Waals surface area contributed by atoms with Crippen molar-refractivity contribution in [3.8, 4) is 5.75 Å². The maximum Gasteiger partial charge on any atom is 0.422 e. The fraction of sp³-hybridized carbons (Fsp3) is 0.333. The van der Waals surface area contributed by atoms with Crippen molar-refractivity contribution in [2.75, 3.05) is 20.2 Å². The molecule has 0 amide bonds. The van der Waals surface area contributed by atoms with Crippen molar-refractivity contribution >= 4 is 17.6 Å². The lowest BCUT2D eigenvalue weighted by Gasteiger charge is -2.13. The van der Waals surface area contributed by atoms with Gasteiger partial charge in [-0.1, -0.05) is 29.8 Å². The van der Waals surface area contributed by atoms with E-state index in [1.807, 2.05) is 6.07 Å². The Kier molecular flexibility index (Phi) is 7.72. The van der Waals surface area contributed by atoms with Gasteiger partial charge in [0.1, 0.15) is 10.9 Å². The van der Waals surface area contributed by atoms with Gasteiger partial charge < -0.3 is 15.4 Å². The zero-order chi connectivity index (χ0) is 19.7. The normalized spacial score (nSPS) is 12.0. The topological polar surface area (TPSA) is 58.5 Å². The SMILES string of the molecule is CN=C(NCCc1ccc(Cl)nc1)NCc1ccc(OCC(F)(F)F)cc1. The number of alkyl halides is 3. The largest absolute Gasteiger partial charge is 0.484 e. The van der Waals surface area contributed by atoms with Gasteiger partial charge in [-0.2, -0.15) is 13.2 Å². The number of aromatic nitrogens is 1. The number of aliphatic imine (C=N–C) groups is 1. The van der Waals surface area contributed by atoms with Gasteiger partial charge in [0.25, 0.3) is 0 Å². The fourth-order valence-electron chi connectivity index (χ4n) is 2.15. The number of guanidine groups is 1. The van der Waals surface area contributed by atoms with E-state index in [2.05, 4.69) is 25.3 Å². The summed E-state index contributed by atoms with van der Waals surface area (Å²) in [5.74, 6) is 0.796. The highest BCUT2D eigenvalue weighted by atomic mass is 35.5. The van der Waals surface area contributed by atoms with E-state index in [9.17, 15) is 13.2 Å². The van der Waals surface area contributed by atoms with E-state index in [4.69, 9.17) is 11.6 Å². The van der Waals surface area contributed by atoms with Crippen LogP contribution < -0.4 is 15.4 Å². The molecule has 27 heavy (non-hydrogen) atoms. The first kappa shape index (κ1) is 20.8. The highest BCUT2D eigenvalue weighted by Gasteiger charge is 2.28. The highest BCUT2D eigenvalue weighted by Crippen LogP contribution is 2.18. The number of hydrogen-bond acceptors (Lipinski definition) is 3. The molecule has 0 spiro atoms. The second kappa shape index (κ2) is 10.0. The van der Waals surface area contributed by atoms with Gasteiger partial charge in [0.15, 0.2) is 12.6 Å². The minimum absolute atomic E-state index is 0.176. The van der Waals surface area contributed by atoms with Crippen molar-refractivity contribution in [1.82, 2.24) is 15.6 Å². The molecule has 146 valence electrons. The Morgan fingerprint density at radius 2 is 1.81 bits per heavy atom. The van der Waals surface area contributed by atoms with Crippen LogP contribution in [-0.4, -0.2) is 37.3 Å². The zero-order valence-corrected chi connectivity index (χ0v) is 15.4. The van der Waals surface area contributed by atoms with E-state index in [1.165, 1.54) is 12.1 Å². The van der Waals surface area contributed by atoms with Crippen molar-refractivity contribution in [1.29, 1.82) is 0 Å². The Morgan fingerprint density at radius 1 is 1.11 bits per heavy atom. The van der Waals surface area contributed by atoms with Gasteiger partial charge in [-0.15, -0.1) is 0 Å². The van der Waals surface area contributed by atoms with E-state index < -0.39 is 12.8 Å². The number of hydrogen-bond donors (Lipinski definition) is 2. The summed E-state index contributed by atoms with van der Waals surface area (Å²) in [5, 5.41) is 6.78. The maximum atomic E-state index is 12.1. The summed E-state index contributed by atoms with van der Waals surface area (Å²) in [5.41, 5.74) is 1.94. The van der Waals surface area contributed by atoms with Crippen molar-refractivity contribution in [3.05, 3.63) is 58.9 Å². The number of ether oxygens (including phenoxy) is 1. The molecule has 9 heteroatoms. The number of halogens is 4. The first-order chi connectivity index (χ1) is 12.9. The average molecular weight is 401 g/mol. The van der Waals surface area contributed by atoms with Crippen LogP contribution in [0.25, 0.3) is 0 Å². The summed E-state index contributed by atoms with van der Waals surface area (Å²) in [6, 6.07) is 10.1. The Morgan fingerprint density at radius 3 is 2.41 bits per heavy atom. The summed E-state index contributed by atoms with van der Waals surface area (Å²) < 4.78 is 41.1. The molecule has 0 aliphatic carbocycles. The van der Waals surface area contributed by atoms with Crippen LogP contribution in [0.1, 0.15) is 11.1 Å². The molecule has 0 bridgehead atoms. The van der Waals surface area contributed by atoms with E-state index in [0.29, 0.717) is 24.2 Å². The third-order valence-corrected chi connectivity index (χ3v) is 3.73. The Hall–Kier alpha value is -2.48. The Labute approximate surface area is 160 Å². The van der Waals surface area contributed by atoms with Crippen LogP contribution in [-0.2, 0) is 13.0 Å². The third-order valence-electron chi connectivity index (χ3n) is 3.50. The van der Waals surface area contributed by atoms with E-state index in [-0.39, 0.29) is 5.75 Å². The first-order valence-corrected chi connectivity index (χ1v) is 8.57. The number of benzene rings is 1. The van der Waals surface area contributed by atoms with Crippen molar-refractivity contribution < 1.29 is 17.9 Å². The van der Waals surface area contributed by atoms with E-state index in [0.717, 1.165) is 17.5 Å². The second-order valence-corrected chi connectivity index (χ2v) is 6.03. The molecular weight excluding hydrogens is 381 g/mol. The standard InChI is InChI=1S/C18H20ClF3N4O/c1-23-17(24-9-8-14-4-7-16(19)25-10-14)26-11-13-2-5-15(6-3-13)27-12-18(20,21)22/h2-7,10H,8-9,11-12H2,1H3,(H2,23,24,26). The van der Waals surface area contributed by atoms with Gasteiger partial charge in [0.2, 0.25) is 0 Å². The fourth-order valence-corrected chi connectivity index (χ4v) is 2.27. The highest BCUT2D eigenvalue weighted by molar-refractivity contribution is 6.29. The molecule has 1 heterocycles. The number of rotatable bonds is 7. The molecule has 0 radical (unpaired) electrons. The first-order valence-electron chi connectivity index (χ1n) is 8.19. The monoisotopic (exact) mass is 400 g/mol. The van der Waals surface area contributed by atoms with Crippen LogP contribution in [0.15, 0.2) is 47.6 Å². The molecule has 0 atom stereocenters. The lowest BCUT2D eigenvalue weighted by Crippen LogP contribution is -2.37. The van der Waals surface area contributed by atoms with Crippen LogP contribution in [0.5, 0.6) is 5.75 Å².